The molecule has 2 aromatic carbocycles. The van der Waals surface area contributed by atoms with Gasteiger partial charge in [0.25, 0.3) is 0 Å². The Balaban J connectivity index is 2.08. The zero-order chi connectivity index (χ0) is 19.2. The van der Waals surface area contributed by atoms with Gasteiger partial charge in [-0.2, -0.15) is 13.2 Å². The molecule has 140 valence electrons. The van der Waals surface area contributed by atoms with Crippen LogP contribution in [0.5, 0.6) is 0 Å². The number of nitrogens with zero attached hydrogens (tertiary/aromatic N) is 1. The molecule has 0 aliphatic rings. The summed E-state index contributed by atoms with van der Waals surface area (Å²) in [5.74, 6) is -1.99. The predicted molar refractivity (Wildman–Crippen MR) is 92.0 cm³/mol. The molecule has 0 saturated carbocycles. The largest absolute Gasteiger partial charge is 0.471 e. The summed E-state index contributed by atoms with van der Waals surface area (Å²) in [7, 11) is 0. The van der Waals surface area contributed by atoms with Crippen molar-refractivity contribution < 1.29 is 23.1 Å². The topological polar surface area (TPSA) is 66.6 Å². The normalized spacial score (nSPS) is 13.9. The fourth-order valence-corrected chi connectivity index (χ4v) is 2.59. The fraction of sp³-hybridized carbons (Fsp3) is 0.316. The molecule has 0 spiro atoms. The second-order valence-electron chi connectivity index (χ2n) is 6.09. The molecule has 4 nitrogen and oxygen atoms in total. The first kappa shape index (κ1) is 19.9. The lowest BCUT2D eigenvalue weighted by Crippen LogP contribution is -2.49. The molecular formula is C19H21F3N2O2. The number of aliphatic hydroxyl groups excluding tert-OH is 1. The van der Waals surface area contributed by atoms with E-state index in [1.165, 1.54) is 0 Å². The van der Waals surface area contributed by atoms with E-state index in [0.717, 1.165) is 5.56 Å². The van der Waals surface area contributed by atoms with Crippen LogP contribution in [0.4, 0.5) is 13.2 Å². The number of hydrogen-bond acceptors (Lipinski definition) is 3. The SMILES string of the molecule is NC(Cc1ccccc1)C(O)CN(Cc1ccccc1)C(=O)C(F)(F)F. The summed E-state index contributed by atoms with van der Waals surface area (Å²) in [5, 5.41) is 10.3. The zero-order valence-corrected chi connectivity index (χ0v) is 14.1. The van der Waals surface area contributed by atoms with Gasteiger partial charge >= 0.3 is 12.1 Å². The van der Waals surface area contributed by atoms with Gasteiger partial charge in [0.05, 0.1) is 6.10 Å². The molecule has 2 rings (SSSR count). The molecule has 2 unspecified atom stereocenters. The molecule has 2 atom stereocenters. The van der Waals surface area contributed by atoms with Crippen molar-refractivity contribution in [3.05, 3.63) is 71.8 Å². The van der Waals surface area contributed by atoms with Crippen molar-refractivity contribution in [3.8, 4) is 0 Å². The highest BCUT2D eigenvalue weighted by Crippen LogP contribution is 2.21. The van der Waals surface area contributed by atoms with E-state index >= 15 is 0 Å². The first-order valence-electron chi connectivity index (χ1n) is 8.15. The van der Waals surface area contributed by atoms with Gasteiger partial charge in [0.1, 0.15) is 0 Å². The monoisotopic (exact) mass is 366 g/mol. The molecule has 0 fully saturated rings. The van der Waals surface area contributed by atoms with Gasteiger partial charge in [0.2, 0.25) is 0 Å². The molecular weight excluding hydrogens is 345 g/mol. The van der Waals surface area contributed by atoms with Gasteiger partial charge in [0.15, 0.2) is 0 Å². The van der Waals surface area contributed by atoms with Gasteiger partial charge in [-0.3, -0.25) is 4.79 Å². The van der Waals surface area contributed by atoms with Crippen LogP contribution in [0.1, 0.15) is 11.1 Å². The third kappa shape index (κ3) is 5.86. The van der Waals surface area contributed by atoms with E-state index in [2.05, 4.69) is 0 Å². The fourth-order valence-electron chi connectivity index (χ4n) is 2.59. The Kier molecular flexibility index (Phi) is 6.76. The molecule has 0 heterocycles. The van der Waals surface area contributed by atoms with E-state index in [-0.39, 0.29) is 6.54 Å². The number of carbonyl (C=O) groups excluding carboxylic acids is 1. The van der Waals surface area contributed by atoms with Crippen LogP contribution in [0.3, 0.4) is 0 Å². The Morgan fingerprint density at radius 3 is 2.00 bits per heavy atom. The molecule has 0 aliphatic carbocycles. The van der Waals surface area contributed by atoms with E-state index in [9.17, 15) is 23.1 Å². The third-order valence-electron chi connectivity index (χ3n) is 3.96. The molecule has 26 heavy (non-hydrogen) atoms. The smallest absolute Gasteiger partial charge is 0.390 e. The van der Waals surface area contributed by atoms with Crippen molar-refractivity contribution in [1.29, 1.82) is 0 Å². The molecule has 0 bridgehead atoms. The third-order valence-corrected chi connectivity index (χ3v) is 3.96. The zero-order valence-electron chi connectivity index (χ0n) is 14.1. The summed E-state index contributed by atoms with van der Waals surface area (Å²) in [6.45, 7) is -0.754. The predicted octanol–water partition coefficient (Wildman–Crippen LogP) is 2.51. The minimum Gasteiger partial charge on any atom is -0.390 e. The average molecular weight is 366 g/mol. The summed E-state index contributed by atoms with van der Waals surface area (Å²) in [5.41, 5.74) is 7.32. The number of hydrogen-bond donors (Lipinski definition) is 2. The maximum Gasteiger partial charge on any atom is 0.471 e. The molecule has 1 amide bonds. The minimum absolute atomic E-state index is 0.256. The van der Waals surface area contributed by atoms with Crippen LogP contribution in [0.2, 0.25) is 0 Å². The molecule has 2 aromatic rings. The van der Waals surface area contributed by atoms with Crippen LogP contribution in [0.25, 0.3) is 0 Å². The first-order valence-corrected chi connectivity index (χ1v) is 8.15. The number of rotatable bonds is 7. The lowest BCUT2D eigenvalue weighted by atomic mass is 10.0. The van der Waals surface area contributed by atoms with Crippen molar-refractivity contribution in [3.63, 3.8) is 0 Å². The van der Waals surface area contributed by atoms with E-state index in [1.54, 1.807) is 30.3 Å². The minimum atomic E-state index is -5.02. The molecule has 0 saturated heterocycles. The number of halogens is 3. The maximum atomic E-state index is 12.9. The number of alkyl halides is 3. The maximum absolute atomic E-state index is 12.9. The van der Waals surface area contributed by atoms with Crippen LogP contribution in [0.15, 0.2) is 60.7 Å². The molecule has 7 heteroatoms. The average Bonchev–Trinajstić information content (AvgIpc) is 2.61. The van der Waals surface area contributed by atoms with Crippen molar-refractivity contribution in [1.82, 2.24) is 4.90 Å². The van der Waals surface area contributed by atoms with Gasteiger partial charge < -0.3 is 15.7 Å². The van der Waals surface area contributed by atoms with Gasteiger partial charge in [-0.1, -0.05) is 60.7 Å². The Labute approximate surface area is 150 Å². The van der Waals surface area contributed by atoms with Crippen molar-refractivity contribution in [2.75, 3.05) is 6.54 Å². The second-order valence-corrected chi connectivity index (χ2v) is 6.09. The highest BCUT2D eigenvalue weighted by Gasteiger charge is 2.43. The Hall–Kier alpha value is -2.38. The van der Waals surface area contributed by atoms with E-state index in [4.69, 9.17) is 5.73 Å². The van der Waals surface area contributed by atoms with Crippen LogP contribution >= 0.6 is 0 Å². The van der Waals surface area contributed by atoms with Gasteiger partial charge in [-0.15, -0.1) is 0 Å². The van der Waals surface area contributed by atoms with Gasteiger partial charge in [-0.05, 0) is 17.5 Å². The number of amides is 1. The Bertz CT molecular complexity index is 693. The molecule has 0 radical (unpaired) electrons. The summed E-state index contributed by atoms with van der Waals surface area (Å²) in [6, 6.07) is 16.6. The number of nitrogens with two attached hydrogens (primary N) is 1. The van der Waals surface area contributed by atoms with E-state index < -0.39 is 30.8 Å². The molecule has 0 aliphatic heterocycles. The van der Waals surface area contributed by atoms with Crippen molar-refractivity contribution in [2.45, 2.75) is 31.3 Å². The first-order chi connectivity index (χ1) is 12.3. The lowest BCUT2D eigenvalue weighted by molar-refractivity contribution is -0.187. The number of aliphatic hydroxyl groups is 1. The van der Waals surface area contributed by atoms with Crippen LogP contribution in [-0.2, 0) is 17.8 Å². The summed E-state index contributed by atoms with van der Waals surface area (Å²) < 4.78 is 38.7. The highest BCUT2D eigenvalue weighted by atomic mass is 19.4. The second kappa shape index (κ2) is 8.82. The van der Waals surface area contributed by atoms with Crippen molar-refractivity contribution in [2.24, 2.45) is 5.73 Å². The Morgan fingerprint density at radius 2 is 1.50 bits per heavy atom. The van der Waals surface area contributed by atoms with Crippen LogP contribution in [-0.4, -0.2) is 40.8 Å². The standard InChI is InChI=1S/C19H21F3N2O2/c20-19(21,22)18(26)24(12-15-9-5-2-6-10-15)13-17(25)16(23)11-14-7-3-1-4-8-14/h1-10,16-17,25H,11-13,23H2. The quantitative estimate of drug-likeness (QED) is 0.791. The number of benzene rings is 2. The van der Waals surface area contributed by atoms with Gasteiger partial charge in [0, 0.05) is 19.1 Å². The Morgan fingerprint density at radius 1 is 1.00 bits per heavy atom. The molecule has 3 N–H and O–H groups in total. The number of carbonyl (C=O) groups is 1. The van der Waals surface area contributed by atoms with Crippen LogP contribution in [0, 0.1) is 0 Å². The summed E-state index contributed by atoms with van der Waals surface area (Å²) in [4.78, 5) is 12.3. The summed E-state index contributed by atoms with van der Waals surface area (Å²) in [6.07, 6.45) is -6.01. The van der Waals surface area contributed by atoms with Crippen molar-refractivity contribution >= 4 is 5.91 Å². The van der Waals surface area contributed by atoms with Gasteiger partial charge in [-0.25, -0.2) is 0 Å². The highest BCUT2D eigenvalue weighted by molar-refractivity contribution is 5.81. The van der Waals surface area contributed by atoms with Crippen LogP contribution < -0.4 is 5.73 Å². The van der Waals surface area contributed by atoms with E-state index in [1.807, 2.05) is 30.3 Å². The summed E-state index contributed by atoms with van der Waals surface area (Å²) >= 11 is 0. The van der Waals surface area contributed by atoms with E-state index in [0.29, 0.717) is 16.9 Å². The molecule has 0 aromatic heterocycles. The lowest BCUT2D eigenvalue weighted by Gasteiger charge is -2.28.